The van der Waals surface area contributed by atoms with Gasteiger partial charge in [-0.2, -0.15) is 0 Å². The lowest BCUT2D eigenvalue weighted by atomic mass is 10.2. The predicted octanol–water partition coefficient (Wildman–Crippen LogP) is 3.48. The zero-order valence-electron chi connectivity index (χ0n) is 13.8. The number of rotatable bonds is 7. The minimum Gasteiger partial charge on any atom is -0.491 e. The number of ether oxygens (including phenoxy) is 2. The molecule has 0 aliphatic rings. The molecule has 4 nitrogen and oxygen atoms in total. The quantitative estimate of drug-likeness (QED) is 0.851. The van der Waals surface area contributed by atoms with E-state index in [1.165, 1.54) is 0 Å². The van der Waals surface area contributed by atoms with Crippen molar-refractivity contribution in [3.63, 3.8) is 0 Å². The molecule has 122 valence electrons. The number of carbonyl (C=O) groups is 1. The number of hydrogen-bond acceptors (Lipinski definition) is 3. The molecule has 1 amide bonds. The molecule has 0 aliphatic carbocycles. The summed E-state index contributed by atoms with van der Waals surface area (Å²) in [5.41, 5.74) is 2.12. The van der Waals surface area contributed by atoms with Gasteiger partial charge in [-0.15, -0.1) is 0 Å². The minimum atomic E-state index is -0.144. The van der Waals surface area contributed by atoms with Gasteiger partial charge in [0.15, 0.2) is 6.61 Å². The van der Waals surface area contributed by atoms with Crippen LogP contribution < -0.4 is 14.8 Å². The Balaban J connectivity index is 1.75. The Bertz CT molecular complexity index is 635. The Hall–Kier alpha value is -2.49. The Labute approximate surface area is 137 Å². The maximum Gasteiger partial charge on any atom is 0.258 e. The van der Waals surface area contributed by atoms with Crippen molar-refractivity contribution in [2.24, 2.45) is 0 Å². The van der Waals surface area contributed by atoms with Crippen molar-refractivity contribution in [1.82, 2.24) is 5.32 Å². The fourth-order valence-corrected chi connectivity index (χ4v) is 2.06. The fraction of sp³-hybridized carbons (Fsp3) is 0.316. The highest BCUT2D eigenvalue weighted by atomic mass is 16.5. The average molecular weight is 313 g/mol. The second-order valence-corrected chi connectivity index (χ2v) is 5.69. The van der Waals surface area contributed by atoms with Crippen LogP contribution in [0.25, 0.3) is 0 Å². The molecule has 0 saturated heterocycles. The molecule has 0 unspecified atom stereocenters. The van der Waals surface area contributed by atoms with Gasteiger partial charge in [0, 0.05) is 6.54 Å². The molecule has 4 heteroatoms. The molecule has 0 spiro atoms. The number of nitrogens with one attached hydrogen (secondary N) is 1. The summed E-state index contributed by atoms with van der Waals surface area (Å²) < 4.78 is 11.1. The van der Waals surface area contributed by atoms with Gasteiger partial charge in [-0.05, 0) is 56.2 Å². The van der Waals surface area contributed by atoms with E-state index < -0.39 is 0 Å². The van der Waals surface area contributed by atoms with Gasteiger partial charge in [0.25, 0.3) is 5.91 Å². The van der Waals surface area contributed by atoms with Gasteiger partial charge in [-0.3, -0.25) is 4.79 Å². The molecule has 2 rings (SSSR count). The smallest absolute Gasteiger partial charge is 0.258 e. The molecule has 0 bridgehead atoms. The highest BCUT2D eigenvalue weighted by molar-refractivity contribution is 5.77. The van der Waals surface area contributed by atoms with Crippen molar-refractivity contribution in [2.45, 2.75) is 33.4 Å². The van der Waals surface area contributed by atoms with E-state index >= 15 is 0 Å². The molecule has 0 aliphatic heterocycles. The van der Waals surface area contributed by atoms with Gasteiger partial charge in [0.1, 0.15) is 11.5 Å². The van der Waals surface area contributed by atoms with Crippen molar-refractivity contribution >= 4 is 5.91 Å². The van der Waals surface area contributed by atoms with Crippen LogP contribution in [-0.4, -0.2) is 18.6 Å². The van der Waals surface area contributed by atoms with Crippen LogP contribution in [0.1, 0.15) is 25.0 Å². The SMILES string of the molecule is Cc1cccc(OCC(=O)NCc2ccc(OC(C)C)cc2)c1. The number of carbonyl (C=O) groups excluding carboxylic acids is 1. The number of hydrogen-bond donors (Lipinski definition) is 1. The first-order valence-electron chi connectivity index (χ1n) is 7.74. The van der Waals surface area contributed by atoms with Gasteiger partial charge in [-0.25, -0.2) is 0 Å². The second kappa shape index (κ2) is 8.22. The molecule has 0 radical (unpaired) electrons. The van der Waals surface area contributed by atoms with Crippen LogP contribution in [0.5, 0.6) is 11.5 Å². The summed E-state index contributed by atoms with van der Waals surface area (Å²) in [5, 5.41) is 2.84. The van der Waals surface area contributed by atoms with Crippen LogP contribution in [0.3, 0.4) is 0 Å². The summed E-state index contributed by atoms with van der Waals surface area (Å²) in [6.45, 7) is 6.44. The summed E-state index contributed by atoms with van der Waals surface area (Å²) in [4.78, 5) is 11.8. The zero-order valence-corrected chi connectivity index (χ0v) is 13.8. The monoisotopic (exact) mass is 313 g/mol. The summed E-state index contributed by atoms with van der Waals surface area (Å²) in [5.74, 6) is 1.39. The highest BCUT2D eigenvalue weighted by Crippen LogP contribution is 2.14. The summed E-state index contributed by atoms with van der Waals surface area (Å²) >= 11 is 0. The first-order valence-corrected chi connectivity index (χ1v) is 7.74. The average Bonchev–Trinajstić information content (AvgIpc) is 2.52. The lowest BCUT2D eigenvalue weighted by Crippen LogP contribution is -2.28. The molecule has 0 heterocycles. The molecule has 2 aromatic carbocycles. The first kappa shape index (κ1) is 16.9. The van der Waals surface area contributed by atoms with Crippen LogP contribution in [0.4, 0.5) is 0 Å². The van der Waals surface area contributed by atoms with Crippen LogP contribution >= 0.6 is 0 Å². The van der Waals surface area contributed by atoms with Crippen LogP contribution in [-0.2, 0) is 11.3 Å². The van der Waals surface area contributed by atoms with Gasteiger partial charge in [-0.1, -0.05) is 24.3 Å². The third-order valence-corrected chi connectivity index (χ3v) is 3.14. The molecule has 0 atom stereocenters. The van der Waals surface area contributed by atoms with E-state index in [2.05, 4.69) is 5.32 Å². The third kappa shape index (κ3) is 6.02. The van der Waals surface area contributed by atoms with E-state index in [0.717, 1.165) is 16.9 Å². The Morgan fingerprint density at radius 2 is 1.83 bits per heavy atom. The topological polar surface area (TPSA) is 47.6 Å². The predicted molar refractivity (Wildman–Crippen MR) is 90.7 cm³/mol. The minimum absolute atomic E-state index is 0.0119. The first-order chi connectivity index (χ1) is 11.0. The van der Waals surface area contributed by atoms with Gasteiger partial charge in [0.2, 0.25) is 0 Å². The van der Waals surface area contributed by atoms with E-state index in [1.807, 2.05) is 69.3 Å². The molecule has 23 heavy (non-hydrogen) atoms. The summed E-state index contributed by atoms with van der Waals surface area (Å²) in [6, 6.07) is 15.3. The van der Waals surface area contributed by atoms with E-state index in [1.54, 1.807) is 0 Å². The van der Waals surface area contributed by atoms with Crippen LogP contribution in [0, 0.1) is 6.92 Å². The van der Waals surface area contributed by atoms with E-state index in [0.29, 0.717) is 12.3 Å². The molecular formula is C19H23NO3. The Morgan fingerprint density at radius 3 is 2.48 bits per heavy atom. The van der Waals surface area contributed by atoms with Gasteiger partial charge in [0.05, 0.1) is 6.10 Å². The molecular weight excluding hydrogens is 290 g/mol. The molecule has 2 aromatic rings. The van der Waals surface area contributed by atoms with Gasteiger partial charge >= 0.3 is 0 Å². The summed E-state index contributed by atoms with van der Waals surface area (Å²) in [6.07, 6.45) is 0.152. The van der Waals surface area contributed by atoms with Crippen molar-refractivity contribution in [3.8, 4) is 11.5 Å². The van der Waals surface area contributed by atoms with Crippen molar-refractivity contribution in [3.05, 3.63) is 59.7 Å². The van der Waals surface area contributed by atoms with E-state index in [9.17, 15) is 4.79 Å². The van der Waals surface area contributed by atoms with E-state index in [4.69, 9.17) is 9.47 Å². The Morgan fingerprint density at radius 1 is 1.09 bits per heavy atom. The number of aryl methyl sites for hydroxylation is 1. The highest BCUT2D eigenvalue weighted by Gasteiger charge is 2.04. The van der Waals surface area contributed by atoms with Crippen LogP contribution in [0.15, 0.2) is 48.5 Å². The third-order valence-electron chi connectivity index (χ3n) is 3.14. The molecule has 1 N–H and O–H groups in total. The molecule has 0 aromatic heterocycles. The number of benzene rings is 2. The largest absolute Gasteiger partial charge is 0.491 e. The van der Waals surface area contributed by atoms with Gasteiger partial charge < -0.3 is 14.8 Å². The van der Waals surface area contributed by atoms with E-state index in [-0.39, 0.29) is 18.6 Å². The standard InChI is InChI=1S/C19H23NO3/c1-14(2)23-17-9-7-16(8-10-17)12-20-19(21)13-22-18-6-4-5-15(3)11-18/h4-11,14H,12-13H2,1-3H3,(H,20,21). The summed E-state index contributed by atoms with van der Waals surface area (Å²) in [7, 11) is 0. The van der Waals surface area contributed by atoms with Crippen molar-refractivity contribution in [1.29, 1.82) is 0 Å². The van der Waals surface area contributed by atoms with Crippen molar-refractivity contribution in [2.75, 3.05) is 6.61 Å². The van der Waals surface area contributed by atoms with Crippen LogP contribution in [0.2, 0.25) is 0 Å². The molecule has 0 saturated carbocycles. The second-order valence-electron chi connectivity index (χ2n) is 5.69. The number of amides is 1. The normalized spacial score (nSPS) is 10.4. The maximum absolute atomic E-state index is 11.8. The lowest BCUT2D eigenvalue weighted by molar-refractivity contribution is -0.123. The maximum atomic E-state index is 11.8. The van der Waals surface area contributed by atoms with Crippen molar-refractivity contribution < 1.29 is 14.3 Å². The zero-order chi connectivity index (χ0) is 16.7. The Kier molecular flexibility index (Phi) is 6.03. The lowest BCUT2D eigenvalue weighted by Gasteiger charge is -2.11. The fourth-order valence-electron chi connectivity index (χ4n) is 2.06. The molecule has 0 fully saturated rings.